The minimum atomic E-state index is 0.584. The van der Waals surface area contributed by atoms with E-state index in [9.17, 15) is 0 Å². The highest BCUT2D eigenvalue weighted by atomic mass is 16.3. The van der Waals surface area contributed by atoms with Crippen molar-refractivity contribution in [3.05, 3.63) is 188 Å². The van der Waals surface area contributed by atoms with Crippen molar-refractivity contribution < 1.29 is 4.42 Å². The lowest BCUT2D eigenvalue weighted by molar-refractivity contribution is 0.669. The van der Waals surface area contributed by atoms with Gasteiger partial charge in [0.25, 0.3) is 0 Å². The van der Waals surface area contributed by atoms with Gasteiger partial charge in [0, 0.05) is 27.5 Å². The Morgan fingerprint density at radius 3 is 1.51 bits per heavy atom. The lowest BCUT2D eigenvalue weighted by Gasteiger charge is -2.13. The number of furan rings is 1. The van der Waals surface area contributed by atoms with Crippen molar-refractivity contribution in [3.63, 3.8) is 0 Å². The average Bonchev–Trinajstić information content (AvgIpc) is 3.62. The van der Waals surface area contributed by atoms with Gasteiger partial charge >= 0.3 is 0 Å². The fraction of sp³-hybridized carbons (Fsp3) is 0. The van der Waals surface area contributed by atoms with Gasteiger partial charge in [-0.25, -0.2) is 15.0 Å². The third-order valence-corrected chi connectivity index (χ3v) is 9.90. The van der Waals surface area contributed by atoms with E-state index >= 15 is 0 Å². The van der Waals surface area contributed by atoms with Crippen LogP contribution in [0.4, 0.5) is 0 Å². The lowest BCUT2D eigenvalue weighted by Crippen LogP contribution is -2.00. The standard InChI is InChI=1S/C49H31N3O/c1-3-11-32(12-4-1)34-19-21-35(22-20-34)40-28-41(38-24-23-33-13-7-8-16-37(33)27-38)30-42(29-40)49-51-47(36-14-5-2-6-15-36)50-48(52-49)39-25-26-44-43-17-9-10-18-45(43)53-46(44)31-39/h1-31H. The van der Waals surface area contributed by atoms with E-state index in [-0.39, 0.29) is 0 Å². The molecule has 4 nitrogen and oxygen atoms in total. The van der Waals surface area contributed by atoms with Gasteiger partial charge in [-0.15, -0.1) is 0 Å². The Bertz CT molecular complexity index is 2930. The van der Waals surface area contributed by atoms with E-state index in [0.29, 0.717) is 17.5 Å². The molecule has 0 radical (unpaired) electrons. The molecule has 248 valence electrons. The maximum Gasteiger partial charge on any atom is 0.164 e. The molecule has 0 spiro atoms. The van der Waals surface area contributed by atoms with Crippen LogP contribution in [0, 0.1) is 0 Å². The third-order valence-electron chi connectivity index (χ3n) is 9.90. The van der Waals surface area contributed by atoms with E-state index in [1.807, 2.05) is 60.7 Å². The Hall–Kier alpha value is -7.17. The Morgan fingerprint density at radius 2 is 0.755 bits per heavy atom. The summed E-state index contributed by atoms with van der Waals surface area (Å²) < 4.78 is 6.27. The number of nitrogens with zero attached hydrogens (tertiary/aromatic N) is 3. The van der Waals surface area contributed by atoms with Crippen molar-refractivity contribution in [3.8, 4) is 67.5 Å². The van der Waals surface area contributed by atoms with Crippen LogP contribution in [0.3, 0.4) is 0 Å². The SMILES string of the molecule is c1ccc(-c2ccc(-c3cc(-c4ccc5ccccc5c4)cc(-c4nc(-c5ccccc5)nc(-c5ccc6c(c5)oc5ccccc56)n4)c3)cc2)cc1. The van der Waals surface area contributed by atoms with Crippen LogP contribution in [-0.4, -0.2) is 15.0 Å². The Labute approximate surface area is 306 Å². The van der Waals surface area contributed by atoms with Gasteiger partial charge in [-0.05, 0) is 86.6 Å². The molecule has 0 bridgehead atoms. The van der Waals surface area contributed by atoms with Crippen molar-refractivity contribution in [2.24, 2.45) is 0 Å². The van der Waals surface area contributed by atoms with Crippen molar-refractivity contribution in [1.82, 2.24) is 15.0 Å². The predicted molar refractivity (Wildman–Crippen MR) is 217 cm³/mol. The van der Waals surface area contributed by atoms with Crippen LogP contribution in [-0.2, 0) is 0 Å². The maximum atomic E-state index is 6.27. The van der Waals surface area contributed by atoms with Gasteiger partial charge in [-0.1, -0.05) is 146 Å². The van der Waals surface area contributed by atoms with Crippen LogP contribution < -0.4 is 0 Å². The van der Waals surface area contributed by atoms with E-state index in [1.165, 1.54) is 21.9 Å². The molecular weight excluding hydrogens is 647 g/mol. The summed E-state index contributed by atoms with van der Waals surface area (Å²) in [5.74, 6) is 1.80. The molecule has 0 unspecified atom stereocenters. The molecule has 0 aliphatic rings. The molecule has 0 saturated carbocycles. The van der Waals surface area contributed by atoms with Gasteiger partial charge in [0.2, 0.25) is 0 Å². The summed E-state index contributed by atoms with van der Waals surface area (Å²) in [6.45, 7) is 0. The molecule has 53 heavy (non-hydrogen) atoms. The summed E-state index contributed by atoms with van der Waals surface area (Å²) in [6, 6.07) is 65.4. The molecule has 4 heteroatoms. The molecule has 0 aliphatic heterocycles. The quantitative estimate of drug-likeness (QED) is 0.176. The summed E-state index contributed by atoms with van der Waals surface area (Å²) in [7, 11) is 0. The minimum absolute atomic E-state index is 0.584. The van der Waals surface area contributed by atoms with Crippen LogP contribution in [0.15, 0.2) is 192 Å². The Balaban J connectivity index is 1.16. The van der Waals surface area contributed by atoms with E-state index in [4.69, 9.17) is 19.4 Å². The lowest BCUT2D eigenvalue weighted by atomic mass is 9.93. The predicted octanol–water partition coefficient (Wildman–Crippen LogP) is 12.9. The molecule has 0 N–H and O–H groups in total. The number of aromatic nitrogens is 3. The van der Waals surface area contributed by atoms with Gasteiger partial charge in [0.15, 0.2) is 17.5 Å². The molecular formula is C49H31N3O. The maximum absolute atomic E-state index is 6.27. The Morgan fingerprint density at radius 1 is 0.264 bits per heavy atom. The van der Waals surface area contributed by atoms with Gasteiger partial charge in [0.1, 0.15) is 11.2 Å². The van der Waals surface area contributed by atoms with Crippen LogP contribution >= 0.6 is 0 Å². The van der Waals surface area contributed by atoms with Crippen molar-refractivity contribution in [1.29, 1.82) is 0 Å². The van der Waals surface area contributed by atoms with E-state index in [1.54, 1.807) is 0 Å². The molecule has 8 aromatic carbocycles. The topological polar surface area (TPSA) is 51.8 Å². The summed E-state index contributed by atoms with van der Waals surface area (Å²) in [5.41, 5.74) is 11.1. The second-order valence-electron chi connectivity index (χ2n) is 13.3. The number of fused-ring (bicyclic) bond motifs is 4. The highest BCUT2D eigenvalue weighted by Crippen LogP contribution is 2.36. The fourth-order valence-corrected chi connectivity index (χ4v) is 7.16. The monoisotopic (exact) mass is 677 g/mol. The molecule has 2 heterocycles. The molecule has 0 atom stereocenters. The van der Waals surface area contributed by atoms with Gasteiger partial charge in [0.05, 0.1) is 0 Å². The zero-order valence-corrected chi connectivity index (χ0v) is 28.6. The first-order valence-electron chi connectivity index (χ1n) is 17.8. The summed E-state index contributed by atoms with van der Waals surface area (Å²) >= 11 is 0. The minimum Gasteiger partial charge on any atom is -0.456 e. The van der Waals surface area contributed by atoms with E-state index in [0.717, 1.165) is 60.9 Å². The number of hydrogen-bond donors (Lipinski definition) is 0. The highest BCUT2D eigenvalue weighted by Gasteiger charge is 2.17. The van der Waals surface area contributed by atoms with Crippen LogP contribution in [0.25, 0.3) is 100 Å². The molecule has 10 rings (SSSR count). The molecule has 0 amide bonds. The van der Waals surface area contributed by atoms with Gasteiger partial charge in [-0.3, -0.25) is 0 Å². The summed E-state index contributed by atoms with van der Waals surface area (Å²) in [4.78, 5) is 15.3. The number of benzene rings is 8. The molecule has 0 fully saturated rings. The highest BCUT2D eigenvalue weighted by molar-refractivity contribution is 6.05. The zero-order chi connectivity index (χ0) is 35.1. The van der Waals surface area contributed by atoms with Crippen LogP contribution in [0.2, 0.25) is 0 Å². The average molecular weight is 678 g/mol. The van der Waals surface area contributed by atoms with Crippen molar-refractivity contribution in [2.45, 2.75) is 0 Å². The first-order chi connectivity index (χ1) is 26.2. The smallest absolute Gasteiger partial charge is 0.164 e. The van der Waals surface area contributed by atoms with Crippen LogP contribution in [0.1, 0.15) is 0 Å². The van der Waals surface area contributed by atoms with Crippen molar-refractivity contribution >= 4 is 32.7 Å². The first kappa shape index (κ1) is 30.6. The number of para-hydroxylation sites is 1. The van der Waals surface area contributed by atoms with E-state index in [2.05, 4.69) is 127 Å². The largest absolute Gasteiger partial charge is 0.456 e. The zero-order valence-electron chi connectivity index (χ0n) is 28.6. The fourth-order valence-electron chi connectivity index (χ4n) is 7.16. The molecule has 0 saturated heterocycles. The molecule has 2 aromatic heterocycles. The van der Waals surface area contributed by atoms with Crippen molar-refractivity contribution in [2.75, 3.05) is 0 Å². The number of hydrogen-bond acceptors (Lipinski definition) is 4. The molecule has 10 aromatic rings. The van der Waals surface area contributed by atoms with Crippen LogP contribution in [0.5, 0.6) is 0 Å². The normalized spacial score (nSPS) is 11.4. The second-order valence-corrected chi connectivity index (χ2v) is 13.3. The Kier molecular flexibility index (Phi) is 7.43. The van der Waals surface area contributed by atoms with Gasteiger partial charge < -0.3 is 4.42 Å². The first-order valence-corrected chi connectivity index (χ1v) is 17.8. The third kappa shape index (κ3) is 5.82. The summed E-state index contributed by atoms with van der Waals surface area (Å²) in [6.07, 6.45) is 0. The number of rotatable bonds is 6. The summed E-state index contributed by atoms with van der Waals surface area (Å²) in [5, 5.41) is 4.55. The second kappa shape index (κ2) is 12.9. The van der Waals surface area contributed by atoms with Gasteiger partial charge in [-0.2, -0.15) is 0 Å². The molecule has 0 aliphatic carbocycles. The van der Waals surface area contributed by atoms with E-state index < -0.39 is 0 Å².